The molecule has 11 atom stereocenters. The van der Waals surface area contributed by atoms with Crippen LogP contribution in [0, 0.1) is 5.92 Å². The predicted octanol–water partition coefficient (Wildman–Crippen LogP) is -4.83. The van der Waals surface area contributed by atoms with Gasteiger partial charge in [0, 0.05) is 76.9 Å². The number of thioether (sulfide) groups is 1. The smallest absolute Gasteiger partial charge is 0.303 e. The lowest BCUT2D eigenvalue weighted by molar-refractivity contribution is -0.142. The molecule has 14 amide bonds. The molecule has 0 spiro atoms. The number of likely N-dealkylation sites (tertiary alicyclic amines) is 1. The molecule has 1 heterocycles. The zero-order valence-electron chi connectivity index (χ0n) is 63.0. The highest BCUT2D eigenvalue weighted by molar-refractivity contribution is 7.98. The summed E-state index contributed by atoms with van der Waals surface area (Å²) < 4.78 is 5.60. The van der Waals surface area contributed by atoms with Gasteiger partial charge in [-0.2, -0.15) is 11.8 Å². The number of amides is 14. The second kappa shape index (κ2) is 50.7. The van der Waals surface area contributed by atoms with E-state index >= 15 is 0 Å². The van der Waals surface area contributed by atoms with Gasteiger partial charge in [0.2, 0.25) is 82.7 Å². The number of unbranched alkanes of at least 4 members (excludes halogenated alkanes) is 1. The first-order valence-corrected chi connectivity index (χ1v) is 37.2. The minimum absolute atomic E-state index is 0.0184. The summed E-state index contributed by atoms with van der Waals surface area (Å²) >= 11 is 1.24. The lowest BCUT2D eigenvalue weighted by Crippen LogP contribution is -2.60. The normalized spacial score (nSPS) is 15.0. The third-order valence-electron chi connectivity index (χ3n) is 16.9. The molecule has 2 rings (SSSR count). The number of aliphatic carboxylic acids is 5. The van der Waals surface area contributed by atoms with Gasteiger partial charge in [-0.15, -0.1) is 0 Å². The Morgan fingerprint density at radius 3 is 1.32 bits per heavy atom. The molecule has 41 nitrogen and oxygen atoms in total. The molecule has 0 aliphatic carbocycles. The second-order valence-corrected chi connectivity index (χ2v) is 27.4. The molecule has 1 aromatic carbocycles. The number of hydrogen-bond donors (Lipinski definition) is 19. The summed E-state index contributed by atoms with van der Waals surface area (Å²) in [5, 5.41) is 79.3. The van der Waals surface area contributed by atoms with Crippen LogP contribution >= 0.6 is 11.8 Å². The first-order valence-electron chi connectivity index (χ1n) is 35.8. The fourth-order valence-corrected chi connectivity index (χ4v) is 11.6. The number of carbonyl (C=O) groups is 20. The largest absolute Gasteiger partial charge is 0.481 e. The summed E-state index contributed by atoms with van der Waals surface area (Å²) in [7, 11) is 1.39. The van der Waals surface area contributed by atoms with Gasteiger partial charge in [-0.25, -0.2) is 0 Å². The third-order valence-corrected chi connectivity index (χ3v) is 17.5. The second-order valence-electron chi connectivity index (χ2n) is 26.4. The van der Waals surface area contributed by atoms with E-state index in [4.69, 9.17) is 10.5 Å². The summed E-state index contributed by atoms with van der Waals surface area (Å²) in [5.41, 5.74) is 6.17. The maximum atomic E-state index is 14.4. The Hall–Kier alpha value is -10.9. The van der Waals surface area contributed by atoms with Crippen molar-refractivity contribution in [2.24, 2.45) is 11.7 Å². The van der Waals surface area contributed by atoms with E-state index in [-0.39, 0.29) is 74.9 Å². The molecule has 1 saturated heterocycles. The van der Waals surface area contributed by atoms with Gasteiger partial charge in [0.25, 0.3) is 0 Å². The lowest BCUT2D eigenvalue weighted by Gasteiger charge is -2.28. The van der Waals surface area contributed by atoms with E-state index in [1.165, 1.54) is 61.8 Å². The number of carboxylic acids is 5. The predicted molar refractivity (Wildman–Crippen MR) is 392 cm³/mol. The van der Waals surface area contributed by atoms with Crippen LogP contribution in [0.1, 0.15) is 153 Å². The van der Waals surface area contributed by atoms with Gasteiger partial charge >= 0.3 is 29.8 Å². The Kier molecular flexibility index (Phi) is 44.0. The molecule has 42 heteroatoms. The van der Waals surface area contributed by atoms with Crippen LogP contribution in [0.25, 0.3) is 0 Å². The maximum absolute atomic E-state index is 14.4. The number of hydrogen-bond acceptors (Lipinski definition) is 23. The molecule has 0 saturated carbocycles. The van der Waals surface area contributed by atoms with Crippen molar-refractivity contribution < 1.29 is 126 Å². The molecule has 111 heavy (non-hydrogen) atoms. The molecule has 0 aromatic heterocycles. The highest BCUT2D eigenvalue weighted by atomic mass is 32.2. The van der Waals surface area contributed by atoms with E-state index in [1.807, 2.05) is 0 Å². The van der Waals surface area contributed by atoms with Crippen molar-refractivity contribution in [3.8, 4) is 0 Å². The number of benzene rings is 1. The Bertz CT molecular complexity index is 3460. The molecular formula is C69H105N15O26S. The van der Waals surface area contributed by atoms with Crippen LogP contribution in [0.2, 0.25) is 0 Å². The first kappa shape index (κ1) is 96.2. The third kappa shape index (κ3) is 37.9. The molecule has 618 valence electrons. The fourth-order valence-electron chi connectivity index (χ4n) is 11.0. The van der Waals surface area contributed by atoms with Crippen LogP contribution in [-0.4, -0.2) is 274 Å². The Morgan fingerprint density at radius 1 is 0.505 bits per heavy atom. The van der Waals surface area contributed by atoms with Crippen LogP contribution < -0.4 is 74.9 Å². The van der Waals surface area contributed by atoms with Gasteiger partial charge < -0.3 is 110 Å². The van der Waals surface area contributed by atoms with Crippen LogP contribution in [0.15, 0.2) is 24.3 Å². The van der Waals surface area contributed by atoms with E-state index in [9.17, 15) is 121 Å². The topological polar surface area (TPSA) is 637 Å². The Balaban J connectivity index is 2.40. The summed E-state index contributed by atoms with van der Waals surface area (Å²) in [5.74, 6) is -21.0. The van der Waals surface area contributed by atoms with E-state index in [0.29, 0.717) is 24.8 Å². The zero-order valence-corrected chi connectivity index (χ0v) is 63.8. The SMILES string of the molecule is CNC(=O)[C@H](C)NC(=O)[C@H](CSC)NC(=O)CNC(=O)[C@H](CC(C)C)NC(=O)[C@@H]1CCCN1C(=O)COCCNC(=O)[C@H](Cc1ccc(C(C)=O)cc1)NC(=O)[C@@H](CCC(=O)O)NC(=O)[C@@H](CCC(=O)O)NC(=O)[C@@H](CCC(=O)O)NC(=O)[C@@H](CCC(=O)O)NC(=O)[C@@H](CCC(=O)O)NC(=O)[C@@H](CCCCN)NC(C)=O. The molecule has 1 aromatic rings. The van der Waals surface area contributed by atoms with E-state index < -0.39 is 256 Å². The first-order chi connectivity index (χ1) is 52.3. The summed E-state index contributed by atoms with van der Waals surface area (Å²) in [6.07, 6.45) is -5.22. The van der Waals surface area contributed by atoms with Gasteiger partial charge in [0.1, 0.15) is 73.1 Å². The number of carbonyl (C=O) groups excluding carboxylic acids is 15. The van der Waals surface area contributed by atoms with Crippen molar-refractivity contribution in [2.75, 3.05) is 58.4 Å². The number of ketones is 1. The minimum atomic E-state index is -2.03. The van der Waals surface area contributed by atoms with E-state index in [0.717, 1.165) is 6.92 Å². The van der Waals surface area contributed by atoms with Gasteiger partial charge in [0.15, 0.2) is 5.78 Å². The van der Waals surface area contributed by atoms with Crippen molar-refractivity contribution in [3.05, 3.63) is 35.4 Å². The molecule has 20 N–H and O–H groups in total. The summed E-state index contributed by atoms with van der Waals surface area (Å²) in [4.78, 5) is 262. The molecule has 0 radical (unpaired) electrons. The molecular weight excluding hydrogens is 1490 g/mol. The molecule has 1 aliphatic heterocycles. The summed E-state index contributed by atoms with van der Waals surface area (Å²) in [6.45, 7) is 5.84. The van der Waals surface area contributed by atoms with Crippen molar-refractivity contribution in [1.29, 1.82) is 0 Å². The zero-order chi connectivity index (χ0) is 83.6. The molecule has 1 aliphatic rings. The number of likely N-dealkylation sites (N-methyl/N-ethyl adjacent to an activating group) is 1. The van der Waals surface area contributed by atoms with Crippen molar-refractivity contribution >= 4 is 130 Å². The van der Waals surface area contributed by atoms with E-state index in [1.54, 1.807) is 20.1 Å². The summed E-state index contributed by atoms with van der Waals surface area (Å²) in [6, 6.07) is -11.0. The number of nitrogens with zero attached hydrogens (tertiary/aromatic N) is 1. The quantitative estimate of drug-likeness (QED) is 0.0215. The van der Waals surface area contributed by atoms with Crippen molar-refractivity contribution in [3.63, 3.8) is 0 Å². The molecule has 0 unspecified atom stereocenters. The Morgan fingerprint density at radius 2 is 0.928 bits per heavy atom. The standard InChI is InChI=1S/C69H105N15O26S/c1-36(2)31-48(61(101)73-33-52(87)76-50(35-111-7)68(108)74-37(3)59(99)71-6)83-69(109)51-12-10-29-84(51)53(88)34-110-30-28-72-60(100)49(32-40-13-15-41(16-14-40)38(4)85)82-67(107)47(21-26-58(97)98)81-66(106)46(20-25-57(95)96)80-65(105)45(19-24-56(93)94)79-64(104)44(18-23-55(91)92)78-63(103)43(17-22-54(89)90)77-62(102)42(75-39(5)86)11-8-9-27-70/h13-16,36-37,42-51H,8-12,17-35,70H2,1-7H3,(H,71,99)(H,72,100)(H,73,101)(H,74,108)(H,75,86)(H,76,87)(H,77,102)(H,78,103)(H,79,104)(H,80,105)(H,81,106)(H,82,107)(H,83,109)(H,89,90)(H,91,92)(H,93,94)(H,95,96)(H,97,98)/t37-,42+,43+,44+,45+,46+,47+,48-,49-,50-,51-/m0/s1. The van der Waals surface area contributed by atoms with Crippen molar-refractivity contribution in [1.82, 2.24) is 74.0 Å². The lowest BCUT2D eigenvalue weighted by atomic mass is 10.0. The fraction of sp³-hybridized carbons (Fsp3) is 0.623. The van der Waals surface area contributed by atoms with Gasteiger partial charge in [0.05, 0.1) is 13.2 Å². The molecule has 1 fully saturated rings. The van der Waals surface area contributed by atoms with Gasteiger partial charge in [-0.3, -0.25) is 95.9 Å². The van der Waals surface area contributed by atoms with Gasteiger partial charge in [-0.1, -0.05) is 38.1 Å². The monoisotopic (exact) mass is 1590 g/mol. The van der Waals surface area contributed by atoms with Gasteiger partial charge in [-0.05, 0) is 109 Å². The highest BCUT2D eigenvalue weighted by Gasteiger charge is 2.39. The van der Waals surface area contributed by atoms with Crippen LogP contribution in [0.3, 0.4) is 0 Å². The number of carboxylic acid groups (broad SMARTS) is 5. The number of Topliss-reactive ketones (excluding diaryl/α,β-unsaturated/α-hetero) is 1. The highest BCUT2D eigenvalue weighted by Crippen LogP contribution is 2.20. The maximum Gasteiger partial charge on any atom is 0.303 e. The van der Waals surface area contributed by atoms with Crippen molar-refractivity contribution in [2.45, 2.75) is 210 Å². The molecule has 0 bridgehead atoms. The van der Waals surface area contributed by atoms with Crippen LogP contribution in [-0.2, 0) is 102 Å². The number of nitrogens with one attached hydrogen (secondary N) is 13. The average molecular weight is 1590 g/mol. The van der Waals surface area contributed by atoms with Crippen LogP contribution in [0.4, 0.5) is 0 Å². The number of ether oxygens (including phenoxy) is 1. The number of rotatable bonds is 54. The average Bonchev–Trinajstić information content (AvgIpc) is 1.72. The Labute approximate surface area is 643 Å². The minimum Gasteiger partial charge on any atom is -0.481 e. The van der Waals surface area contributed by atoms with Crippen LogP contribution in [0.5, 0.6) is 0 Å². The number of nitrogens with two attached hydrogens (primary N) is 1. The van der Waals surface area contributed by atoms with E-state index in [2.05, 4.69) is 69.1 Å².